The highest BCUT2D eigenvalue weighted by Gasteiger charge is 2.10. The van der Waals surface area contributed by atoms with E-state index >= 15 is 0 Å². The second-order valence-corrected chi connectivity index (χ2v) is 6.90. The van der Waals surface area contributed by atoms with E-state index in [-0.39, 0.29) is 12.3 Å². The van der Waals surface area contributed by atoms with Gasteiger partial charge in [0.1, 0.15) is 5.75 Å². The van der Waals surface area contributed by atoms with Crippen LogP contribution in [0, 0.1) is 6.92 Å². The van der Waals surface area contributed by atoms with Gasteiger partial charge in [0.15, 0.2) is 4.80 Å². The molecule has 124 valence electrons. The van der Waals surface area contributed by atoms with Crippen LogP contribution < -0.4 is 9.54 Å². The van der Waals surface area contributed by atoms with Crippen LogP contribution >= 0.6 is 22.9 Å². The molecule has 4 nitrogen and oxygen atoms in total. The van der Waals surface area contributed by atoms with Crippen LogP contribution in [0.4, 0.5) is 0 Å². The van der Waals surface area contributed by atoms with E-state index in [0.29, 0.717) is 9.82 Å². The Hall–Kier alpha value is -2.11. The summed E-state index contributed by atoms with van der Waals surface area (Å²) in [6.45, 7) is 2.02. The number of carbonyl (C=O) groups is 1. The van der Waals surface area contributed by atoms with Gasteiger partial charge in [-0.1, -0.05) is 41.1 Å². The standard InChI is InChI=1S/C18H17ClN2O2S/c1-11-4-9-14(19)17-16(11)21(2)18(24-17)20-15(22)10-12-5-7-13(23-3)8-6-12/h4-9H,10H2,1-3H3. The summed E-state index contributed by atoms with van der Waals surface area (Å²) in [5.41, 5.74) is 3.03. The Labute approximate surface area is 149 Å². The average Bonchev–Trinajstić information content (AvgIpc) is 2.90. The molecule has 0 atom stereocenters. The maximum absolute atomic E-state index is 12.3. The zero-order chi connectivity index (χ0) is 17.3. The summed E-state index contributed by atoms with van der Waals surface area (Å²) in [6, 6.07) is 11.3. The van der Waals surface area contributed by atoms with Crippen LogP contribution in [-0.2, 0) is 18.3 Å². The number of nitrogens with zero attached hydrogens (tertiary/aromatic N) is 2. The minimum absolute atomic E-state index is 0.184. The molecule has 0 saturated heterocycles. The van der Waals surface area contributed by atoms with E-state index in [9.17, 15) is 4.79 Å². The minimum atomic E-state index is -0.184. The van der Waals surface area contributed by atoms with Crippen molar-refractivity contribution in [2.24, 2.45) is 12.0 Å². The first-order valence-corrected chi connectivity index (χ1v) is 8.64. The molecule has 3 rings (SSSR count). The first-order valence-electron chi connectivity index (χ1n) is 7.44. The molecule has 0 spiro atoms. The number of benzene rings is 2. The van der Waals surface area contributed by atoms with E-state index in [1.54, 1.807) is 7.11 Å². The second-order valence-electron chi connectivity index (χ2n) is 5.52. The molecule has 0 fully saturated rings. The molecule has 1 aromatic heterocycles. The van der Waals surface area contributed by atoms with E-state index in [2.05, 4.69) is 4.99 Å². The molecule has 0 aliphatic heterocycles. The molecule has 1 amide bonds. The number of methoxy groups -OCH3 is 1. The first-order chi connectivity index (χ1) is 11.5. The lowest BCUT2D eigenvalue weighted by atomic mass is 10.1. The van der Waals surface area contributed by atoms with E-state index in [4.69, 9.17) is 16.3 Å². The van der Waals surface area contributed by atoms with Crippen LogP contribution in [0.25, 0.3) is 10.2 Å². The Balaban J connectivity index is 1.94. The molecule has 0 radical (unpaired) electrons. The molecule has 0 saturated carbocycles. The zero-order valence-corrected chi connectivity index (χ0v) is 15.2. The summed E-state index contributed by atoms with van der Waals surface area (Å²) in [5.74, 6) is 0.584. The van der Waals surface area contributed by atoms with Crippen LogP contribution in [0.5, 0.6) is 5.75 Å². The quantitative estimate of drug-likeness (QED) is 0.711. The third kappa shape index (κ3) is 3.23. The highest BCUT2D eigenvalue weighted by atomic mass is 35.5. The Bertz CT molecular complexity index is 971. The number of carbonyl (C=O) groups excluding carboxylic acids is 1. The molecule has 1 heterocycles. The fourth-order valence-electron chi connectivity index (χ4n) is 2.58. The number of fused-ring (bicyclic) bond motifs is 1. The second kappa shape index (κ2) is 6.79. The lowest BCUT2D eigenvalue weighted by Gasteiger charge is -2.01. The molecule has 6 heteroatoms. The van der Waals surface area contributed by atoms with Gasteiger partial charge in [-0.15, -0.1) is 0 Å². The van der Waals surface area contributed by atoms with Crippen molar-refractivity contribution in [1.29, 1.82) is 0 Å². The van der Waals surface area contributed by atoms with Crippen LogP contribution in [0.2, 0.25) is 5.02 Å². The van der Waals surface area contributed by atoms with Gasteiger partial charge in [-0.2, -0.15) is 4.99 Å². The fraction of sp³-hybridized carbons (Fsp3) is 0.222. The Kier molecular flexibility index (Phi) is 4.73. The maximum atomic E-state index is 12.3. The van der Waals surface area contributed by atoms with E-state index in [1.165, 1.54) is 11.3 Å². The van der Waals surface area contributed by atoms with Gasteiger partial charge >= 0.3 is 0 Å². The summed E-state index contributed by atoms with van der Waals surface area (Å²) in [7, 11) is 3.52. The maximum Gasteiger partial charge on any atom is 0.252 e. The topological polar surface area (TPSA) is 43.6 Å². The SMILES string of the molecule is COc1ccc(CC(=O)N=c2sc3c(Cl)ccc(C)c3n2C)cc1. The summed E-state index contributed by atoms with van der Waals surface area (Å²) < 4.78 is 8.00. The number of aryl methyl sites for hydroxylation is 2. The van der Waals surface area contributed by atoms with Crippen molar-refractivity contribution < 1.29 is 9.53 Å². The van der Waals surface area contributed by atoms with Crippen LogP contribution in [0.3, 0.4) is 0 Å². The van der Waals surface area contributed by atoms with Crippen LogP contribution in [0.15, 0.2) is 41.4 Å². The monoisotopic (exact) mass is 360 g/mol. The fourth-order valence-corrected chi connectivity index (χ4v) is 3.96. The van der Waals surface area contributed by atoms with Crippen molar-refractivity contribution in [3.63, 3.8) is 0 Å². The van der Waals surface area contributed by atoms with Crippen molar-refractivity contribution >= 4 is 39.1 Å². The number of aromatic nitrogens is 1. The molecule has 0 bridgehead atoms. The molecule has 0 N–H and O–H groups in total. The molecule has 0 aliphatic carbocycles. The number of ether oxygens (including phenoxy) is 1. The highest BCUT2D eigenvalue weighted by Crippen LogP contribution is 2.28. The van der Waals surface area contributed by atoms with E-state index in [0.717, 1.165) is 27.1 Å². The Morgan fingerprint density at radius 2 is 1.96 bits per heavy atom. The van der Waals surface area contributed by atoms with Gasteiger partial charge in [-0.3, -0.25) is 4.79 Å². The predicted octanol–water partition coefficient (Wildman–Crippen LogP) is 3.88. The first kappa shape index (κ1) is 16.7. The lowest BCUT2D eigenvalue weighted by molar-refractivity contribution is -0.117. The molecular formula is C18H17ClN2O2S. The lowest BCUT2D eigenvalue weighted by Crippen LogP contribution is -2.14. The molecule has 3 aromatic rings. The minimum Gasteiger partial charge on any atom is -0.497 e. The van der Waals surface area contributed by atoms with Crippen molar-refractivity contribution in [1.82, 2.24) is 4.57 Å². The van der Waals surface area contributed by atoms with E-state index < -0.39 is 0 Å². The van der Waals surface area contributed by atoms with Crippen LogP contribution in [-0.4, -0.2) is 17.6 Å². The summed E-state index contributed by atoms with van der Waals surface area (Å²) in [5, 5.41) is 0.681. The number of halogens is 1. The van der Waals surface area contributed by atoms with Gasteiger partial charge in [0.25, 0.3) is 5.91 Å². The van der Waals surface area contributed by atoms with Gasteiger partial charge in [0.2, 0.25) is 0 Å². The predicted molar refractivity (Wildman–Crippen MR) is 97.8 cm³/mol. The summed E-state index contributed by atoms with van der Waals surface area (Å²) in [6.07, 6.45) is 0.255. The van der Waals surface area contributed by atoms with Gasteiger partial charge in [0.05, 0.1) is 28.8 Å². The third-order valence-electron chi connectivity index (χ3n) is 3.84. The largest absolute Gasteiger partial charge is 0.497 e. The molecule has 0 unspecified atom stereocenters. The zero-order valence-electron chi connectivity index (χ0n) is 13.7. The van der Waals surface area contributed by atoms with Gasteiger partial charge in [-0.05, 0) is 36.2 Å². The average molecular weight is 361 g/mol. The number of thiazole rings is 1. The van der Waals surface area contributed by atoms with Gasteiger partial charge < -0.3 is 9.30 Å². The Morgan fingerprint density at radius 3 is 2.58 bits per heavy atom. The molecule has 2 aromatic carbocycles. The summed E-state index contributed by atoms with van der Waals surface area (Å²) >= 11 is 7.70. The highest BCUT2D eigenvalue weighted by molar-refractivity contribution is 7.17. The van der Waals surface area contributed by atoms with Gasteiger partial charge in [-0.25, -0.2) is 0 Å². The molecular weight excluding hydrogens is 344 g/mol. The molecule has 24 heavy (non-hydrogen) atoms. The number of hydrogen-bond donors (Lipinski definition) is 0. The Morgan fingerprint density at radius 1 is 1.25 bits per heavy atom. The number of amides is 1. The van der Waals surface area contributed by atoms with Crippen molar-refractivity contribution in [3.8, 4) is 5.75 Å². The third-order valence-corrected chi connectivity index (χ3v) is 5.43. The van der Waals surface area contributed by atoms with Crippen LogP contribution in [0.1, 0.15) is 11.1 Å². The summed E-state index contributed by atoms with van der Waals surface area (Å²) in [4.78, 5) is 17.2. The molecule has 0 aliphatic rings. The smallest absolute Gasteiger partial charge is 0.252 e. The van der Waals surface area contributed by atoms with Crippen molar-refractivity contribution in [2.45, 2.75) is 13.3 Å². The van der Waals surface area contributed by atoms with Crippen molar-refractivity contribution in [2.75, 3.05) is 7.11 Å². The number of hydrogen-bond acceptors (Lipinski definition) is 3. The van der Waals surface area contributed by atoms with Crippen molar-refractivity contribution in [3.05, 3.63) is 57.3 Å². The number of rotatable bonds is 3. The van der Waals surface area contributed by atoms with Gasteiger partial charge in [0, 0.05) is 7.05 Å². The normalized spacial score (nSPS) is 11.9. The van der Waals surface area contributed by atoms with E-state index in [1.807, 2.05) is 54.9 Å².